The number of aromatic nitrogens is 1. The Hall–Kier alpha value is -4.40. The number of carbonyl (C=O) groups is 1. The smallest absolute Gasteiger partial charge is 0.420 e. The van der Waals surface area contributed by atoms with Crippen molar-refractivity contribution in [2.24, 2.45) is 0 Å². The fourth-order valence-corrected chi connectivity index (χ4v) is 3.36. The van der Waals surface area contributed by atoms with Gasteiger partial charge in [-0.15, -0.1) is 0 Å². The summed E-state index contributed by atoms with van der Waals surface area (Å²) in [6, 6.07) is 21.4. The highest BCUT2D eigenvalue weighted by atomic mass is 16.6. The molecule has 168 valence electrons. The van der Waals surface area contributed by atoms with E-state index in [0.717, 1.165) is 21.4 Å². The second kappa shape index (κ2) is 9.82. The first-order chi connectivity index (χ1) is 16.0. The van der Waals surface area contributed by atoms with Gasteiger partial charge in [0.25, 0.3) is 5.69 Å². The molecule has 0 bridgehead atoms. The highest BCUT2D eigenvalue weighted by molar-refractivity contribution is 5.80. The average molecular weight is 447 g/mol. The van der Waals surface area contributed by atoms with Crippen molar-refractivity contribution in [2.75, 3.05) is 6.54 Å². The molecule has 0 unspecified atom stereocenters. The number of nitrogens with zero attached hydrogens (tertiary/aromatic N) is 2. The Morgan fingerprint density at radius 1 is 1.03 bits per heavy atom. The van der Waals surface area contributed by atoms with Crippen LogP contribution in [0.5, 0.6) is 5.75 Å². The van der Waals surface area contributed by atoms with Crippen molar-refractivity contribution in [2.45, 2.75) is 19.6 Å². The van der Waals surface area contributed by atoms with E-state index in [-0.39, 0.29) is 23.7 Å². The summed E-state index contributed by atoms with van der Waals surface area (Å²) < 4.78 is 11.9. The molecule has 4 aromatic rings. The highest BCUT2D eigenvalue weighted by Gasteiger charge is 2.16. The number of rotatable bonds is 9. The first-order valence-corrected chi connectivity index (χ1v) is 10.3. The molecule has 0 aliphatic heterocycles. The third kappa shape index (κ3) is 5.45. The van der Waals surface area contributed by atoms with Crippen LogP contribution in [0.3, 0.4) is 0 Å². The second-order valence-corrected chi connectivity index (χ2v) is 7.38. The molecule has 0 atom stereocenters. The average Bonchev–Trinajstić information content (AvgIpc) is 3.13. The molecule has 33 heavy (non-hydrogen) atoms. The first kappa shape index (κ1) is 21.8. The van der Waals surface area contributed by atoms with Crippen LogP contribution >= 0.6 is 0 Å². The van der Waals surface area contributed by atoms with Crippen LogP contribution in [0.4, 0.5) is 5.69 Å². The lowest BCUT2D eigenvalue weighted by molar-refractivity contribution is -0.384. The normalized spacial score (nSPS) is 10.8. The number of non-ortho nitro benzene ring substituents is 1. The Labute approximate surface area is 188 Å². The summed E-state index contributed by atoms with van der Waals surface area (Å²) in [5.41, 5.74) is 2.32. The number of oxazole rings is 1. The Morgan fingerprint density at radius 2 is 1.79 bits per heavy atom. The van der Waals surface area contributed by atoms with Gasteiger partial charge in [-0.25, -0.2) is 4.79 Å². The molecule has 9 nitrogen and oxygen atoms in total. The fourth-order valence-electron chi connectivity index (χ4n) is 3.36. The molecule has 3 aromatic carbocycles. The number of ether oxygens (including phenoxy) is 1. The van der Waals surface area contributed by atoms with Gasteiger partial charge in [0, 0.05) is 12.6 Å². The summed E-state index contributed by atoms with van der Waals surface area (Å²) in [6.07, 6.45) is 0.609. The standard InChI is InChI=1S/C24H21N3O6/c28-23(15-26-21-11-8-19(27(30)31)14-22(21)33-24(26)29)25-13-12-17-6-9-20(10-7-17)32-16-18-4-2-1-3-5-18/h1-11,14H,12-13,15-16H2,(H,25,28). The molecule has 1 heterocycles. The lowest BCUT2D eigenvalue weighted by atomic mass is 10.1. The van der Waals surface area contributed by atoms with Gasteiger partial charge in [-0.3, -0.25) is 19.5 Å². The number of hydrogen-bond acceptors (Lipinski definition) is 6. The van der Waals surface area contributed by atoms with Gasteiger partial charge in [-0.2, -0.15) is 0 Å². The topological polar surface area (TPSA) is 117 Å². The summed E-state index contributed by atoms with van der Waals surface area (Å²) >= 11 is 0. The van der Waals surface area contributed by atoms with Crippen LogP contribution in [0.15, 0.2) is 82.0 Å². The summed E-state index contributed by atoms with van der Waals surface area (Å²) in [5.74, 6) is -0.342. The van der Waals surface area contributed by atoms with Crippen molar-refractivity contribution in [3.05, 3.63) is 105 Å². The van der Waals surface area contributed by atoms with Gasteiger partial charge in [0.05, 0.1) is 16.5 Å². The zero-order chi connectivity index (χ0) is 23.2. The van der Waals surface area contributed by atoms with Gasteiger partial charge in [0.15, 0.2) is 5.58 Å². The van der Waals surface area contributed by atoms with E-state index >= 15 is 0 Å². The molecule has 0 aliphatic carbocycles. The van der Waals surface area contributed by atoms with Crippen LogP contribution in [0.2, 0.25) is 0 Å². The van der Waals surface area contributed by atoms with Crippen LogP contribution in [-0.4, -0.2) is 21.9 Å². The van der Waals surface area contributed by atoms with Gasteiger partial charge in [-0.1, -0.05) is 42.5 Å². The SMILES string of the molecule is O=C(Cn1c(=O)oc2cc([N+](=O)[O-])ccc21)NCCc1ccc(OCc2ccccc2)cc1. The van der Waals surface area contributed by atoms with E-state index in [1.807, 2.05) is 54.6 Å². The van der Waals surface area contributed by atoms with Gasteiger partial charge in [-0.05, 0) is 35.7 Å². The second-order valence-electron chi connectivity index (χ2n) is 7.38. The van der Waals surface area contributed by atoms with E-state index in [2.05, 4.69) is 5.32 Å². The minimum absolute atomic E-state index is 0.0663. The van der Waals surface area contributed by atoms with Gasteiger partial charge < -0.3 is 14.5 Å². The van der Waals surface area contributed by atoms with Crippen molar-refractivity contribution >= 4 is 22.7 Å². The number of hydrogen-bond donors (Lipinski definition) is 1. The zero-order valence-corrected chi connectivity index (χ0v) is 17.6. The number of nitro benzene ring substituents is 1. The molecular formula is C24H21N3O6. The molecule has 1 N–H and O–H groups in total. The molecule has 1 aromatic heterocycles. The Bertz CT molecular complexity index is 1330. The van der Waals surface area contributed by atoms with Crippen LogP contribution in [-0.2, 0) is 24.4 Å². The van der Waals surface area contributed by atoms with Crippen LogP contribution in [0.1, 0.15) is 11.1 Å². The number of amides is 1. The van der Waals surface area contributed by atoms with E-state index in [1.165, 1.54) is 18.2 Å². The van der Waals surface area contributed by atoms with Gasteiger partial charge in [0.2, 0.25) is 5.91 Å². The molecule has 4 rings (SSSR count). The highest BCUT2D eigenvalue weighted by Crippen LogP contribution is 2.20. The Kier molecular flexibility index (Phi) is 6.49. The molecular weight excluding hydrogens is 426 g/mol. The predicted molar refractivity (Wildman–Crippen MR) is 121 cm³/mol. The summed E-state index contributed by atoms with van der Waals surface area (Å²) in [6.45, 7) is 0.640. The molecule has 9 heteroatoms. The Balaban J connectivity index is 1.28. The number of carbonyl (C=O) groups excluding carboxylic acids is 1. The molecule has 1 amide bonds. The number of benzene rings is 3. The van der Waals surface area contributed by atoms with Crippen molar-refractivity contribution in [1.29, 1.82) is 0 Å². The van der Waals surface area contributed by atoms with Crippen molar-refractivity contribution < 1.29 is 18.9 Å². The van der Waals surface area contributed by atoms with Crippen molar-refractivity contribution in [3.8, 4) is 5.75 Å². The maximum absolute atomic E-state index is 12.3. The van der Waals surface area contributed by atoms with Crippen LogP contribution in [0, 0.1) is 10.1 Å². The van der Waals surface area contributed by atoms with Crippen molar-refractivity contribution in [1.82, 2.24) is 9.88 Å². The van der Waals surface area contributed by atoms with E-state index in [9.17, 15) is 19.7 Å². The van der Waals surface area contributed by atoms with E-state index in [4.69, 9.17) is 9.15 Å². The molecule has 0 saturated heterocycles. The van der Waals surface area contributed by atoms with Gasteiger partial charge >= 0.3 is 5.76 Å². The number of nitro groups is 1. The Morgan fingerprint density at radius 3 is 2.52 bits per heavy atom. The maximum atomic E-state index is 12.3. The van der Waals surface area contributed by atoms with E-state index < -0.39 is 10.7 Å². The third-order valence-electron chi connectivity index (χ3n) is 5.07. The molecule has 0 saturated carbocycles. The summed E-state index contributed by atoms with van der Waals surface area (Å²) in [5, 5.41) is 13.6. The largest absolute Gasteiger partial charge is 0.489 e. The summed E-state index contributed by atoms with van der Waals surface area (Å²) in [4.78, 5) is 34.7. The molecule has 0 fully saturated rings. The summed E-state index contributed by atoms with van der Waals surface area (Å²) in [7, 11) is 0. The van der Waals surface area contributed by atoms with E-state index in [1.54, 1.807) is 0 Å². The minimum Gasteiger partial charge on any atom is -0.489 e. The molecule has 0 radical (unpaired) electrons. The number of nitrogens with one attached hydrogen (secondary N) is 1. The number of fused-ring (bicyclic) bond motifs is 1. The monoisotopic (exact) mass is 447 g/mol. The minimum atomic E-state index is -0.744. The predicted octanol–water partition coefficient (Wildman–Crippen LogP) is 3.44. The lowest BCUT2D eigenvalue weighted by Crippen LogP contribution is -2.32. The molecule has 0 spiro atoms. The van der Waals surface area contributed by atoms with Crippen molar-refractivity contribution in [3.63, 3.8) is 0 Å². The molecule has 0 aliphatic rings. The fraction of sp³-hybridized carbons (Fsp3) is 0.167. The van der Waals surface area contributed by atoms with Gasteiger partial charge in [0.1, 0.15) is 18.9 Å². The maximum Gasteiger partial charge on any atom is 0.420 e. The zero-order valence-electron chi connectivity index (χ0n) is 17.6. The van der Waals surface area contributed by atoms with Crippen LogP contribution in [0.25, 0.3) is 11.1 Å². The first-order valence-electron chi connectivity index (χ1n) is 10.3. The van der Waals surface area contributed by atoms with E-state index in [0.29, 0.717) is 25.1 Å². The van der Waals surface area contributed by atoms with Crippen LogP contribution < -0.4 is 15.8 Å². The third-order valence-corrected chi connectivity index (χ3v) is 5.07. The quantitative estimate of drug-likeness (QED) is 0.310. The lowest BCUT2D eigenvalue weighted by Gasteiger charge is -2.08.